The van der Waals surface area contributed by atoms with Gasteiger partial charge in [0.2, 0.25) is 5.91 Å². The van der Waals surface area contributed by atoms with Crippen LogP contribution in [-0.2, 0) is 9.59 Å². The normalized spacial score (nSPS) is 23.7. The average molecular weight is 318 g/mol. The molecule has 0 saturated carbocycles. The van der Waals surface area contributed by atoms with E-state index in [4.69, 9.17) is 9.47 Å². The van der Waals surface area contributed by atoms with Crippen LogP contribution in [0.15, 0.2) is 24.3 Å². The highest BCUT2D eigenvalue weighted by Crippen LogP contribution is 2.26. The zero-order valence-corrected chi connectivity index (χ0v) is 13.5. The van der Waals surface area contributed by atoms with Gasteiger partial charge in [-0.25, -0.2) is 0 Å². The number of piperazine rings is 1. The predicted molar refractivity (Wildman–Crippen MR) is 84.4 cm³/mol. The lowest BCUT2D eigenvalue weighted by Crippen LogP contribution is -2.60. The van der Waals surface area contributed by atoms with Gasteiger partial charge in [-0.2, -0.15) is 0 Å². The second-order valence-corrected chi connectivity index (χ2v) is 6.02. The average Bonchev–Trinajstić information content (AvgIpc) is 3.05. The van der Waals surface area contributed by atoms with E-state index in [-0.39, 0.29) is 24.5 Å². The number of ether oxygens (including phenoxy) is 2. The van der Waals surface area contributed by atoms with Gasteiger partial charge >= 0.3 is 0 Å². The second kappa shape index (κ2) is 6.48. The zero-order valence-electron chi connectivity index (χ0n) is 13.5. The standard InChI is InChI=1S/C17H22N2O4/c1-12-17(21)18-8-4-5-13(18)10-19(12)16(20)11-23-15-7-3-6-14(9-15)22-2/h3,6-7,9,12-13H,4-5,8,10-11H2,1-2H3/t12-,13-/m1/s1. The Morgan fingerprint density at radius 2 is 2.13 bits per heavy atom. The number of rotatable bonds is 4. The first kappa shape index (κ1) is 15.6. The van der Waals surface area contributed by atoms with E-state index in [1.54, 1.807) is 31.1 Å². The molecule has 0 bridgehead atoms. The van der Waals surface area contributed by atoms with Gasteiger partial charge in [0.15, 0.2) is 6.61 Å². The summed E-state index contributed by atoms with van der Waals surface area (Å²) in [5, 5.41) is 0. The molecule has 2 heterocycles. The van der Waals surface area contributed by atoms with Crippen molar-refractivity contribution in [2.24, 2.45) is 0 Å². The fourth-order valence-electron chi connectivity index (χ4n) is 3.31. The summed E-state index contributed by atoms with van der Waals surface area (Å²) in [6.07, 6.45) is 1.99. The minimum Gasteiger partial charge on any atom is -0.497 e. The van der Waals surface area contributed by atoms with E-state index in [2.05, 4.69) is 0 Å². The Balaban J connectivity index is 1.62. The number of nitrogens with zero attached hydrogens (tertiary/aromatic N) is 2. The molecule has 0 unspecified atom stereocenters. The number of fused-ring (bicyclic) bond motifs is 1. The first-order valence-corrected chi connectivity index (χ1v) is 7.97. The lowest BCUT2D eigenvalue weighted by Gasteiger charge is -2.41. The van der Waals surface area contributed by atoms with Crippen molar-refractivity contribution in [2.75, 3.05) is 26.8 Å². The van der Waals surface area contributed by atoms with Gasteiger partial charge in [-0.05, 0) is 31.9 Å². The summed E-state index contributed by atoms with van der Waals surface area (Å²) in [4.78, 5) is 28.4. The number of carbonyl (C=O) groups is 2. The predicted octanol–water partition coefficient (Wildman–Crippen LogP) is 1.30. The van der Waals surface area contributed by atoms with Crippen LogP contribution >= 0.6 is 0 Å². The second-order valence-electron chi connectivity index (χ2n) is 6.02. The summed E-state index contributed by atoms with van der Waals surface area (Å²) >= 11 is 0. The molecule has 0 radical (unpaired) electrons. The highest BCUT2D eigenvalue weighted by molar-refractivity contribution is 5.89. The molecule has 6 heteroatoms. The molecule has 2 amide bonds. The molecule has 2 fully saturated rings. The Hall–Kier alpha value is -2.24. The Morgan fingerprint density at radius 1 is 1.35 bits per heavy atom. The van der Waals surface area contributed by atoms with E-state index in [1.165, 1.54) is 0 Å². The van der Waals surface area contributed by atoms with Crippen molar-refractivity contribution in [1.29, 1.82) is 0 Å². The van der Waals surface area contributed by atoms with Crippen LogP contribution in [-0.4, -0.2) is 60.5 Å². The van der Waals surface area contributed by atoms with E-state index in [1.807, 2.05) is 17.0 Å². The molecule has 2 atom stereocenters. The topological polar surface area (TPSA) is 59.1 Å². The molecule has 0 aliphatic carbocycles. The lowest BCUT2D eigenvalue weighted by atomic mass is 10.1. The number of carbonyl (C=O) groups excluding carboxylic acids is 2. The van der Waals surface area contributed by atoms with Crippen LogP contribution in [0.2, 0.25) is 0 Å². The molecule has 124 valence electrons. The molecule has 23 heavy (non-hydrogen) atoms. The van der Waals surface area contributed by atoms with Crippen LogP contribution in [0.5, 0.6) is 11.5 Å². The third kappa shape index (κ3) is 3.11. The van der Waals surface area contributed by atoms with Crippen molar-refractivity contribution < 1.29 is 19.1 Å². The number of amides is 2. The molecular weight excluding hydrogens is 296 g/mol. The highest BCUT2D eigenvalue weighted by atomic mass is 16.5. The SMILES string of the molecule is COc1cccc(OCC(=O)N2C[C@H]3CCCN3C(=O)[C@H]2C)c1. The molecule has 2 aliphatic heterocycles. The first-order valence-electron chi connectivity index (χ1n) is 7.97. The molecule has 0 aromatic heterocycles. The Morgan fingerprint density at radius 3 is 2.91 bits per heavy atom. The third-order valence-corrected chi connectivity index (χ3v) is 4.62. The maximum atomic E-state index is 12.5. The number of methoxy groups -OCH3 is 1. The number of benzene rings is 1. The summed E-state index contributed by atoms with van der Waals surface area (Å²) in [7, 11) is 1.58. The van der Waals surface area contributed by atoms with E-state index < -0.39 is 6.04 Å². The molecule has 2 aliphatic rings. The fourth-order valence-corrected chi connectivity index (χ4v) is 3.31. The lowest BCUT2D eigenvalue weighted by molar-refractivity contribution is -0.153. The summed E-state index contributed by atoms with van der Waals surface area (Å²) in [5.41, 5.74) is 0. The van der Waals surface area contributed by atoms with Gasteiger partial charge in [-0.15, -0.1) is 0 Å². The first-order chi connectivity index (χ1) is 11.1. The van der Waals surface area contributed by atoms with Crippen LogP contribution in [0.1, 0.15) is 19.8 Å². The number of hydrogen-bond acceptors (Lipinski definition) is 4. The van der Waals surface area contributed by atoms with Crippen molar-refractivity contribution in [1.82, 2.24) is 9.80 Å². The van der Waals surface area contributed by atoms with Gasteiger partial charge in [0.1, 0.15) is 17.5 Å². The summed E-state index contributed by atoms with van der Waals surface area (Å²) < 4.78 is 10.7. The molecule has 1 aromatic rings. The van der Waals surface area contributed by atoms with Crippen LogP contribution in [0.4, 0.5) is 0 Å². The van der Waals surface area contributed by atoms with Gasteiger partial charge < -0.3 is 19.3 Å². The quantitative estimate of drug-likeness (QED) is 0.839. The van der Waals surface area contributed by atoms with Crippen LogP contribution in [0.3, 0.4) is 0 Å². The fraction of sp³-hybridized carbons (Fsp3) is 0.529. The van der Waals surface area contributed by atoms with E-state index in [0.717, 1.165) is 19.4 Å². The summed E-state index contributed by atoms with van der Waals surface area (Å²) in [6.45, 7) is 3.14. The Bertz CT molecular complexity index is 604. The number of hydrogen-bond donors (Lipinski definition) is 0. The Labute approximate surface area is 136 Å². The third-order valence-electron chi connectivity index (χ3n) is 4.62. The van der Waals surface area contributed by atoms with Crippen molar-refractivity contribution in [3.05, 3.63) is 24.3 Å². The molecule has 0 N–H and O–H groups in total. The van der Waals surface area contributed by atoms with Gasteiger partial charge in [0, 0.05) is 25.2 Å². The van der Waals surface area contributed by atoms with Crippen molar-refractivity contribution in [3.8, 4) is 11.5 Å². The highest BCUT2D eigenvalue weighted by Gasteiger charge is 2.41. The monoisotopic (exact) mass is 318 g/mol. The molecule has 6 nitrogen and oxygen atoms in total. The van der Waals surface area contributed by atoms with E-state index in [9.17, 15) is 9.59 Å². The van der Waals surface area contributed by atoms with Gasteiger partial charge in [0.25, 0.3) is 5.91 Å². The van der Waals surface area contributed by atoms with E-state index >= 15 is 0 Å². The Kier molecular flexibility index (Phi) is 4.41. The molecule has 3 rings (SSSR count). The molecule has 2 saturated heterocycles. The largest absolute Gasteiger partial charge is 0.497 e. The van der Waals surface area contributed by atoms with Crippen LogP contribution in [0, 0.1) is 0 Å². The van der Waals surface area contributed by atoms with Gasteiger partial charge in [-0.1, -0.05) is 6.07 Å². The van der Waals surface area contributed by atoms with Crippen molar-refractivity contribution >= 4 is 11.8 Å². The summed E-state index contributed by atoms with van der Waals surface area (Å²) in [6, 6.07) is 6.89. The van der Waals surface area contributed by atoms with Crippen molar-refractivity contribution in [3.63, 3.8) is 0 Å². The van der Waals surface area contributed by atoms with Gasteiger partial charge in [0.05, 0.1) is 7.11 Å². The van der Waals surface area contributed by atoms with Crippen LogP contribution < -0.4 is 9.47 Å². The minimum absolute atomic E-state index is 0.0495. The zero-order chi connectivity index (χ0) is 16.4. The smallest absolute Gasteiger partial charge is 0.261 e. The van der Waals surface area contributed by atoms with Crippen molar-refractivity contribution in [2.45, 2.75) is 31.8 Å². The maximum absolute atomic E-state index is 12.5. The molecule has 0 spiro atoms. The van der Waals surface area contributed by atoms with Gasteiger partial charge in [-0.3, -0.25) is 9.59 Å². The van der Waals surface area contributed by atoms with Crippen LogP contribution in [0.25, 0.3) is 0 Å². The summed E-state index contributed by atoms with van der Waals surface area (Å²) in [5.74, 6) is 1.16. The maximum Gasteiger partial charge on any atom is 0.261 e. The van der Waals surface area contributed by atoms with E-state index in [0.29, 0.717) is 18.0 Å². The molecular formula is C17H22N2O4. The minimum atomic E-state index is -0.411. The molecule has 1 aromatic carbocycles.